The van der Waals surface area contributed by atoms with Gasteiger partial charge in [-0.15, -0.1) is 0 Å². The minimum atomic E-state index is -0.991. The molecule has 1 unspecified atom stereocenters. The normalized spacial score (nSPS) is 24.5. The molecule has 0 aromatic rings. The van der Waals surface area contributed by atoms with E-state index in [1.54, 1.807) is 26.4 Å². The van der Waals surface area contributed by atoms with E-state index in [0.29, 0.717) is 17.9 Å². The largest absolute Gasteiger partial charge is 0.501 e. The molecule has 0 aliphatic heterocycles. The van der Waals surface area contributed by atoms with Crippen LogP contribution in [0, 0.1) is 0 Å². The number of hydrogen-bond acceptors (Lipinski definition) is 4. The first-order chi connectivity index (χ1) is 7.61. The number of carbonyl (C=O) groups excluding carboxylic acids is 1. The van der Waals surface area contributed by atoms with Gasteiger partial charge in [-0.1, -0.05) is 15.9 Å². The summed E-state index contributed by atoms with van der Waals surface area (Å²) in [6.07, 6.45) is 3.81. The Bertz CT molecular complexity index is 335. The van der Waals surface area contributed by atoms with Crippen LogP contribution in [0.25, 0.3) is 0 Å². The Hall–Kier alpha value is -0.810. The lowest BCUT2D eigenvalue weighted by molar-refractivity contribution is -0.133. The van der Waals surface area contributed by atoms with E-state index in [1.165, 1.54) is 7.11 Å². The molecule has 0 saturated heterocycles. The highest BCUT2D eigenvalue weighted by molar-refractivity contribution is 9.09. The number of halogens is 1. The number of carbonyl (C=O) groups is 1. The van der Waals surface area contributed by atoms with E-state index in [2.05, 4.69) is 15.9 Å². The van der Waals surface area contributed by atoms with E-state index >= 15 is 0 Å². The van der Waals surface area contributed by atoms with Crippen molar-refractivity contribution in [3.63, 3.8) is 0 Å². The van der Waals surface area contributed by atoms with Crippen molar-refractivity contribution >= 4 is 21.7 Å². The van der Waals surface area contributed by atoms with Crippen LogP contribution in [-0.4, -0.2) is 38.0 Å². The molecule has 0 bridgehead atoms. The number of allylic oxidation sites excluding steroid dienone is 1. The summed E-state index contributed by atoms with van der Waals surface area (Å²) in [4.78, 5) is 11.9. The second-order valence-electron chi connectivity index (χ2n) is 3.39. The summed E-state index contributed by atoms with van der Waals surface area (Å²) >= 11 is 3.15. The van der Waals surface area contributed by atoms with E-state index in [4.69, 9.17) is 14.2 Å². The van der Waals surface area contributed by atoms with Crippen molar-refractivity contribution in [1.82, 2.24) is 0 Å². The predicted molar refractivity (Wildman–Crippen MR) is 63.3 cm³/mol. The fourth-order valence-corrected chi connectivity index (χ4v) is 2.05. The molecule has 5 heteroatoms. The molecule has 0 fully saturated rings. The molecule has 0 heterocycles. The van der Waals surface area contributed by atoms with Crippen molar-refractivity contribution in [2.24, 2.45) is 0 Å². The van der Waals surface area contributed by atoms with Crippen LogP contribution in [0.3, 0.4) is 0 Å². The maximum atomic E-state index is 11.9. The van der Waals surface area contributed by atoms with E-state index in [1.807, 2.05) is 0 Å². The Morgan fingerprint density at radius 1 is 1.44 bits per heavy atom. The van der Waals surface area contributed by atoms with Gasteiger partial charge in [0.15, 0.2) is 11.4 Å². The zero-order valence-electron chi connectivity index (χ0n) is 9.58. The molecule has 16 heavy (non-hydrogen) atoms. The first-order valence-corrected chi connectivity index (χ1v) is 5.90. The first-order valence-electron chi connectivity index (χ1n) is 4.77. The summed E-state index contributed by atoms with van der Waals surface area (Å²) in [7, 11) is 4.60. The van der Waals surface area contributed by atoms with E-state index in [9.17, 15) is 4.79 Å². The number of hydrogen-bond donors (Lipinski definition) is 0. The van der Waals surface area contributed by atoms with Gasteiger partial charge in [0, 0.05) is 19.6 Å². The minimum absolute atomic E-state index is 0.0628. The van der Waals surface area contributed by atoms with Crippen LogP contribution in [0.2, 0.25) is 0 Å². The number of rotatable bonds is 5. The summed E-state index contributed by atoms with van der Waals surface area (Å²) in [6, 6.07) is 0. The van der Waals surface area contributed by atoms with Gasteiger partial charge in [-0.3, -0.25) is 4.79 Å². The summed E-state index contributed by atoms with van der Waals surface area (Å²) in [5, 5.41) is 0.228. The zero-order valence-corrected chi connectivity index (χ0v) is 11.2. The fraction of sp³-hybridized carbons (Fsp3) is 0.545. The molecule has 0 amide bonds. The molecule has 0 aromatic carbocycles. The number of alkyl halides is 1. The van der Waals surface area contributed by atoms with Crippen molar-refractivity contribution in [1.29, 1.82) is 0 Å². The monoisotopic (exact) mass is 290 g/mol. The van der Waals surface area contributed by atoms with Gasteiger partial charge in [0.25, 0.3) is 0 Å². The number of ether oxygens (including phenoxy) is 3. The summed E-state index contributed by atoms with van der Waals surface area (Å²) in [5.74, 6) is 1.17. The Morgan fingerprint density at radius 3 is 2.56 bits per heavy atom. The molecule has 4 nitrogen and oxygen atoms in total. The minimum Gasteiger partial charge on any atom is -0.501 e. The number of ketones is 1. The van der Waals surface area contributed by atoms with Crippen molar-refractivity contribution in [2.75, 3.05) is 26.7 Å². The molecule has 1 rings (SSSR count). The van der Waals surface area contributed by atoms with Crippen LogP contribution < -0.4 is 0 Å². The lowest BCUT2D eigenvalue weighted by atomic mass is 9.89. The second kappa shape index (κ2) is 5.50. The Balaban J connectivity index is 3.09. The van der Waals surface area contributed by atoms with Crippen LogP contribution in [0.1, 0.15) is 6.42 Å². The van der Waals surface area contributed by atoms with Crippen molar-refractivity contribution in [3.05, 3.63) is 23.7 Å². The second-order valence-corrected chi connectivity index (χ2v) is 3.95. The van der Waals surface area contributed by atoms with Gasteiger partial charge in [0.05, 0.1) is 19.5 Å². The first kappa shape index (κ1) is 13.3. The molecule has 0 saturated carbocycles. The highest BCUT2D eigenvalue weighted by Gasteiger charge is 2.39. The molecule has 90 valence electrons. The maximum Gasteiger partial charge on any atom is 0.179 e. The van der Waals surface area contributed by atoms with Crippen molar-refractivity contribution in [3.8, 4) is 0 Å². The molecule has 0 spiro atoms. The third-order valence-corrected chi connectivity index (χ3v) is 3.08. The third-order valence-electron chi connectivity index (χ3n) is 2.57. The van der Waals surface area contributed by atoms with Gasteiger partial charge < -0.3 is 14.2 Å². The lowest BCUT2D eigenvalue weighted by Crippen LogP contribution is -2.42. The van der Waals surface area contributed by atoms with Crippen LogP contribution >= 0.6 is 15.9 Å². The highest BCUT2D eigenvalue weighted by Crippen LogP contribution is 2.31. The van der Waals surface area contributed by atoms with Crippen LogP contribution in [0.5, 0.6) is 0 Å². The van der Waals surface area contributed by atoms with Crippen LogP contribution in [0.15, 0.2) is 23.7 Å². The van der Waals surface area contributed by atoms with Gasteiger partial charge in [-0.05, 0) is 6.08 Å². The molecular weight excluding hydrogens is 276 g/mol. The van der Waals surface area contributed by atoms with Gasteiger partial charge in [0.1, 0.15) is 11.5 Å². The maximum absolute atomic E-state index is 11.9. The topological polar surface area (TPSA) is 44.8 Å². The van der Waals surface area contributed by atoms with Crippen LogP contribution in [-0.2, 0) is 19.0 Å². The molecule has 0 aromatic heterocycles. The third kappa shape index (κ3) is 2.47. The van der Waals surface area contributed by atoms with Crippen molar-refractivity contribution in [2.45, 2.75) is 12.0 Å². The van der Waals surface area contributed by atoms with Crippen molar-refractivity contribution < 1.29 is 19.0 Å². The molecule has 1 aliphatic rings. The average Bonchev–Trinajstić information content (AvgIpc) is 2.36. The van der Waals surface area contributed by atoms with E-state index < -0.39 is 5.60 Å². The molecular formula is C11H15BrO4. The molecule has 1 aliphatic carbocycles. The number of Topliss-reactive ketones (excluding diaryl/α,β-unsaturated/α-hetero) is 1. The van der Waals surface area contributed by atoms with E-state index in [0.717, 1.165) is 0 Å². The Kier molecular flexibility index (Phi) is 4.56. The van der Waals surface area contributed by atoms with Crippen LogP contribution in [0.4, 0.5) is 0 Å². The standard InChI is InChI=1S/C11H15BrO4/c1-14-8-4-9(15-2)6-11(5-8,16-3)10(13)7-12/h4-5H,6-7H2,1-3H3. The summed E-state index contributed by atoms with van der Waals surface area (Å²) < 4.78 is 15.6. The number of methoxy groups -OCH3 is 3. The zero-order chi connectivity index (χ0) is 12.2. The fourth-order valence-electron chi connectivity index (χ4n) is 1.58. The lowest BCUT2D eigenvalue weighted by Gasteiger charge is -2.31. The Labute approximate surface area is 103 Å². The molecule has 1 atom stereocenters. The summed E-state index contributed by atoms with van der Waals surface area (Å²) in [6.45, 7) is 0. The molecule has 0 N–H and O–H groups in total. The highest BCUT2D eigenvalue weighted by atomic mass is 79.9. The van der Waals surface area contributed by atoms with Gasteiger partial charge >= 0.3 is 0 Å². The van der Waals surface area contributed by atoms with E-state index in [-0.39, 0.29) is 11.1 Å². The average molecular weight is 291 g/mol. The molecule has 0 radical (unpaired) electrons. The predicted octanol–water partition coefficient (Wildman–Crippen LogP) is 1.80. The Morgan fingerprint density at radius 2 is 2.12 bits per heavy atom. The quantitative estimate of drug-likeness (QED) is 0.725. The SMILES string of the molecule is COC1=CC(OC)(C(=O)CBr)CC(OC)=C1. The van der Waals surface area contributed by atoms with Gasteiger partial charge in [-0.2, -0.15) is 0 Å². The van der Waals surface area contributed by atoms with Gasteiger partial charge in [0.2, 0.25) is 0 Å². The smallest absolute Gasteiger partial charge is 0.179 e. The summed E-state index contributed by atoms with van der Waals surface area (Å²) in [5.41, 5.74) is -0.991. The van der Waals surface area contributed by atoms with Gasteiger partial charge in [-0.25, -0.2) is 0 Å².